The van der Waals surface area contributed by atoms with Crippen molar-refractivity contribution in [1.29, 1.82) is 0 Å². The normalized spacial score (nSPS) is 10.4. The summed E-state index contributed by atoms with van der Waals surface area (Å²) in [6, 6.07) is 3.60. The molecule has 0 fully saturated rings. The molecule has 0 atom stereocenters. The van der Waals surface area contributed by atoms with Gasteiger partial charge in [-0.15, -0.1) is 0 Å². The highest BCUT2D eigenvalue weighted by Gasteiger charge is 2.04. The fourth-order valence-corrected chi connectivity index (χ4v) is 1.41. The number of rotatable bonds is 2. The number of aromatic nitrogens is 3. The maximum absolute atomic E-state index is 5.99. The second-order valence-corrected chi connectivity index (χ2v) is 3.36. The third-order valence-corrected chi connectivity index (χ3v) is 2.30. The molecule has 0 saturated carbocycles. The van der Waals surface area contributed by atoms with Crippen LogP contribution in [0.25, 0.3) is 5.82 Å². The molecule has 2 rings (SSSR count). The molecule has 0 unspecified atom stereocenters. The van der Waals surface area contributed by atoms with E-state index < -0.39 is 0 Å². The summed E-state index contributed by atoms with van der Waals surface area (Å²) in [5.41, 5.74) is 1.17. The second-order valence-electron chi connectivity index (χ2n) is 2.96. The van der Waals surface area contributed by atoms with Crippen molar-refractivity contribution in [1.82, 2.24) is 14.8 Å². The van der Waals surface area contributed by atoms with Gasteiger partial charge in [-0.3, -0.25) is 0 Å². The molecule has 72 valence electrons. The molecule has 0 amide bonds. The molecule has 0 aromatic carbocycles. The summed E-state index contributed by atoms with van der Waals surface area (Å²) in [6.45, 7) is 2.08. The first kappa shape index (κ1) is 9.21. The molecule has 14 heavy (non-hydrogen) atoms. The van der Waals surface area contributed by atoms with Crippen molar-refractivity contribution in [3.05, 3.63) is 41.3 Å². The van der Waals surface area contributed by atoms with Gasteiger partial charge in [0.15, 0.2) is 5.82 Å². The Bertz CT molecular complexity index is 436. The van der Waals surface area contributed by atoms with Crippen LogP contribution in [0.1, 0.15) is 12.5 Å². The summed E-state index contributed by atoms with van der Waals surface area (Å²) in [5, 5.41) is 4.80. The Morgan fingerprint density at radius 3 is 3.00 bits per heavy atom. The van der Waals surface area contributed by atoms with Crippen molar-refractivity contribution in [2.75, 3.05) is 0 Å². The third-order valence-electron chi connectivity index (χ3n) is 2.00. The van der Waals surface area contributed by atoms with E-state index in [-0.39, 0.29) is 0 Å². The van der Waals surface area contributed by atoms with Crippen LogP contribution in [0.2, 0.25) is 5.02 Å². The maximum Gasteiger partial charge on any atom is 0.172 e. The van der Waals surface area contributed by atoms with E-state index in [0.29, 0.717) is 10.8 Å². The summed E-state index contributed by atoms with van der Waals surface area (Å²) >= 11 is 5.99. The van der Waals surface area contributed by atoms with E-state index in [2.05, 4.69) is 17.0 Å². The van der Waals surface area contributed by atoms with Crippen LogP contribution in [0.5, 0.6) is 0 Å². The summed E-state index contributed by atoms with van der Waals surface area (Å²) in [5.74, 6) is 0.675. The number of pyridine rings is 1. The third kappa shape index (κ3) is 1.63. The van der Waals surface area contributed by atoms with Crippen molar-refractivity contribution in [2.45, 2.75) is 13.3 Å². The zero-order valence-electron chi connectivity index (χ0n) is 7.81. The number of nitrogens with zero attached hydrogens (tertiary/aromatic N) is 3. The van der Waals surface area contributed by atoms with Crippen molar-refractivity contribution in [3.63, 3.8) is 0 Å². The molecule has 0 aliphatic rings. The molecule has 2 aromatic heterocycles. The Morgan fingerprint density at radius 1 is 1.50 bits per heavy atom. The molecule has 0 saturated heterocycles. The van der Waals surface area contributed by atoms with Crippen molar-refractivity contribution < 1.29 is 0 Å². The van der Waals surface area contributed by atoms with Crippen LogP contribution in [0.3, 0.4) is 0 Å². The standard InChI is InChI=1S/C10H10ClN3/c1-2-8-6-13-14(7-8)10-9(11)4-3-5-12-10/h3-7H,2H2,1H3. The number of hydrogen-bond donors (Lipinski definition) is 0. The van der Waals surface area contributed by atoms with Crippen molar-refractivity contribution in [2.24, 2.45) is 0 Å². The predicted molar refractivity (Wildman–Crippen MR) is 55.7 cm³/mol. The molecule has 0 radical (unpaired) electrons. The van der Waals surface area contributed by atoms with E-state index >= 15 is 0 Å². The molecule has 0 aliphatic carbocycles. The van der Waals surface area contributed by atoms with Crippen LogP contribution in [0.4, 0.5) is 0 Å². The number of aryl methyl sites for hydroxylation is 1. The highest BCUT2D eigenvalue weighted by molar-refractivity contribution is 6.32. The van der Waals surface area contributed by atoms with E-state index in [4.69, 9.17) is 11.6 Å². The smallest absolute Gasteiger partial charge is 0.172 e. The van der Waals surface area contributed by atoms with Gasteiger partial charge < -0.3 is 0 Å². The Labute approximate surface area is 87.3 Å². The van der Waals surface area contributed by atoms with Crippen LogP contribution in [-0.4, -0.2) is 14.8 Å². The van der Waals surface area contributed by atoms with Gasteiger partial charge in [0.05, 0.1) is 11.2 Å². The monoisotopic (exact) mass is 207 g/mol. The number of halogens is 1. The minimum absolute atomic E-state index is 0.609. The highest BCUT2D eigenvalue weighted by Crippen LogP contribution is 2.16. The van der Waals surface area contributed by atoms with Gasteiger partial charge in [0.25, 0.3) is 0 Å². The topological polar surface area (TPSA) is 30.7 Å². The lowest BCUT2D eigenvalue weighted by Gasteiger charge is -2.00. The van der Waals surface area contributed by atoms with Gasteiger partial charge in [0.2, 0.25) is 0 Å². The van der Waals surface area contributed by atoms with Crippen LogP contribution in [0, 0.1) is 0 Å². The Morgan fingerprint density at radius 2 is 2.36 bits per heavy atom. The van der Waals surface area contributed by atoms with Gasteiger partial charge in [-0.05, 0) is 24.1 Å². The van der Waals surface area contributed by atoms with Crippen LogP contribution >= 0.6 is 11.6 Å². The Balaban J connectivity index is 2.44. The quantitative estimate of drug-likeness (QED) is 0.758. The van der Waals surface area contributed by atoms with Crippen molar-refractivity contribution >= 4 is 11.6 Å². The van der Waals surface area contributed by atoms with Gasteiger partial charge in [-0.25, -0.2) is 9.67 Å². The zero-order chi connectivity index (χ0) is 9.97. The second kappa shape index (κ2) is 3.80. The van der Waals surface area contributed by atoms with Gasteiger partial charge in [0, 0.05) is 12.4 Å². The van der Waals surface area contributed by atoms with E-state index in [1.807, 2.05) is 12.4 Å². The molecule has 0 aliphatic heterocycles. The molecule has 4 heteroatoms. The fraction of sp³-hybridized carbons (Fsp3) is 0.200. The lowest BCUT2D eigenvalue weighted by molar-refractivity contribution is 0.846. The van der Waals surface area contributed by atoms with Gasteiger partial charge in [-0.1, -0.05) is 18.5 Å². The largest absolute Gasteiger partial charge is 0.236 e. The SMILES string of the molecule is CCc1cnn(-c2ncccc2Cl)c1. The van der Waals surface area contributed by atoms with E-state index in [1.54, 1.807) is 23.0 Å². The van der Waals surface area contributed by atoms with Gasteiger partial charge in [0.1, 0.15) is 0 Å². The Kier molecular flexibility index (Phi) is 2.50. The van der Waals surface area contributed by atoms with Gasteiger partial charge >= 0.3 is 0 Å². The van der Waals surface area contributed by atoms with Gasteiger partial charge in [-0.2, -0.15) is 5.10 Å². The zero-order valence-corrected chi connectivity index (χ0v) is 8.57. The molecular formula is C10H10ClN3. The molecule has 0 N–H and O–H groups in total. The molecular weight excluding hydrogens is 198 g/mol. The summed E-state index contributed by atoms with van der Waals surface area (Å²) in [4.78, 5) is 4.16. The minimum atomic E-state index is 0.609. The summed E-state index contributed by atoms with van der Waals surface area (Å²) in [7, 11) is 0. The lowest BCUT2D eigenvalue weighted by atomic mass is 10.3. The summed E-state index contributed by atoms with van der Waals surface area (Å²) < 4.78 is 1.70. The first-order chi connectivity index (χ1) is 6.81. The first-order valence-electron chi connectivity index (χ1n) is 4.45. The van der Waals surface area contributed by atoms with E-state index in [0.717, 1.165) is 6.42 Å². The molecule has 0 bridgehead atoms. The maximum atomic E-state index is 5.99. The molecule has 2 aromatic rings. The molecule has 2 heterocycles. The van der Waals surface area contributed by atoms with E-state index in [1.165, 1.54) is 5.56 Å². The summed E-state index contributed by atoms with van der Waals surface area (Å²) in [6.07, 6.45) is 6.43. The minimum Gasteiger partial charge on any atom is -0.236 e. The fourth-order valence-electron chi connectivity index (χ4n) is 1.20. The average molecular weight is 208 g/mol. The number of hydrogen-bond acceptors (Lipinski definition) is 2. The van der Waals surface area contributed by atoms with E-state index in [9.17, 15) is 0 Å². The Hall–Kier alpha value is -1.35. The average Bonchev–Trinajstić information content (AvgIpc) is 2.67. The first-order valence-corrected chi connectivity index (χ1v) is 4.83. The highest BCUT2D eigenvalue weighted by atomic mass is 35.5. The predicted octanol–water partition coefficient (Wildman–Crippen LogP) is 2.48. The van der Waals surface area contributed by atoms with Crippen molar-refractivity contribution in [3.8, 4) is 5.82 Å². The van der Waals surface area contributed by atoms with Crippen LogP contribution in [-0.2, 0) is 6.42 Å². The van der Waals surface area contributed by atoms with Crippen LogP contribution in [0.15, 0.2) is 30.7 Å². The lowest BCUT2D eigenvalue weighted by Crippen LogP contribution is -1.97. The molecule has 0 spiro atoms. The van der Waals surface area contributed by atoms with Crippen LogP contribution < -0.4 is 0 Å². The molecule has 3 nitrogen and oxygen atoms in total.